The Balaban J connectivity index is 1.30. The Morgan fingerprint density at radius 1 is 1.18 bits per heavy atom. The van der Waals surface area contributed by atoms with Gasteiger partial charge in [0.1, 0.15) is 13.2 Å². The van der Waals surface area contributed by atoms with Crippen molar-refractivity contribution in [2.24, 2.45) is 0 Å². The van der Waals surface area contributed by atoms with Gasteiger partial charge in [-0.1, -0.05) is 16.8 Å². The smallest absolute Gasteiger partial charge is 0.227 e. The van der Waals surface area contributed by atoms with Gasteiger partial charge in [-0.3, -0.25) is 9.78 Å². The maximum atomic E-state index is 12.1. The normalized spacial score (nSPS) is 12.6. The Morgan fingerprint density at radius 3 is 2.86 bits per heavy atom. The number of halogens is 1. The van der Waals surface area contributed by atoms with Crippen molar-refractivity contribution in [1.29, 1.82) is 0 Å². The van der Waals surface area contributed by atoms with Crippen molar-refractivity contribution in [2.75, 3.05) is 13.2 Å². The van der Waals surface area contributed by atoms with Crippen LogP contribution in [0.5, 0.6) is 11.5 Å². The summed E-state index contributed by atoms with van der Waals surface area (Å²) in [5, 5.41) is 7.24. The van der Waals surface area contributed by atoms with Crippen LogP contribution in [0.15, 0.2) is 41.2 Å². The summed E-state index contributed by atoms with van der Waals surface area (Å²) < 4.78 is 16.2. The summed E-state index contributed by atoms with van der Waals surface area (Å²) in [6.07, 6.45) is 3.90. The summed E-state index contributed by atoms with van der Waals surface area (Å²) in [6, 6.07) is 7.16. The van der Waals surface area contributed by atoms with E-state index in [-0.39, 0.29) is 12.3 Å². The molecule has 0 spiro atoms. The molecule has 1 N–H and O–H groups in total. The zero-order valence-corrected chi connectivity index (χ0v) is 15.6. The number of fused-ring (bicyclic) bond motifs is 1. The van der Waals surface area contributed by atoms with Gasteiger partial charge < -0.3 is 19.3 Å². The number of pyridine rings is 1. The Kier molecular flexibility index (Phi) is 5.38. The summed E-state index contributed by atoms with van der Waals surface area (Å²) in [6.45, 7) is 1.29. The van der Waals surface area contributed by atoms with Crippen LogP contribution in [0.4, 0.5) is 0 Å². The fourth-order valence-corrected chi connectivity index (χ4v) is 3.04. The molecule has 0 saturated heterocycles. The van der Waals surface area contributed by atoms with Crippen LogP contribution in [0.25, 0.3) is 11.4 Å². The molecule has 2 aromatic heterocycles. The number of hydrogen-bond acceptors (Lipinski definition) is 7. The molecule has 1 aliphatic rings. The number of ether oxygens (including phenoxy) is 2. The van der Waals surface area contributed by atoms with Gasteiger partial charge in [0.2, 0.25) is 17.6 Å². The lowest BCUT2D eigenvalue weighted by Gasteiger charge is -2.20. The van der Waals surface area contributed by atoms with E-state index in [0.717, 1.165) is 11.1 Å². The van der Waals surface area contributed by atoms with E-state index < -0.39 is 0 Å². The molecule has 1 aliphatic heterocycles. The summed E-state index contributed by atoms with van der Waals surface area (Å²) in [4.78, 5) is 20.4. The number of amides is 1. The first kappa shape index (κ1) is 18.2. The number of nitrogens with zero attached hydrogens (tertiary/aromatic N) is 3. The molecule has 8 nitrogen and oxygen atoms in total. The number of carbonyl (C=O) groups excluding carboxylic acids is 1. The quantitative estimate of drug-likeness (QED) is 0.679. The minimum Gasteiger partial charge on any atom is -0.486 e. The van der Waals surface area contributed by atoms with Crippen molar-refractivity contribution in [2.45, 2.75) is 19.4 Å². The molecule has 1 aromatic carbocycles. The molecule has 1 amide bonds. The fourth-order valence-electron chi connectivity index (χ4n) is 2.75. The Labute approximate surface area is 165 Å². The molecule has 0 aliphatic carbocycles. The number of benzene rings is 1. The number of carbonyl (C=O) groups is 1. The van der Waals surface area contributed by atoms with Crippen LogP contribution in [-0.4, -0.2) is 34.2 Å². The Hall–Kier alpha value is -3.13. The topological polar surface area (TPSA) is 99.4 Å². The lowest BCUT2D eigenvalue weighted by Crippen LogP contribution is -2.23. The number of aromatic nitrogens is 3. The Bertz CT molecular complexity index is 977. The molecule has 0 bridgehead atoms. The molecular weight excluding hydrogens is 384 g/mol. The molecule has 0 radical (unpaired) electrons. The molecule has 4 rings (SSSR count). The van der Waals surface area contributed by atoms with Gasteiger partial charge in [-0.2, -0.15) is 4.98 Å². The molecule has 0 fully saturated rings. The number of aryl methyl sites for hydroxylation is 1. The van der Waals surface area contributed by atoms with Gasteiger partial charge in [0.05, 0.1) is 5.02 Å². The molecule has 144 valence electrons. The van der Waals surface area contributed by atoms with Crippen LogP contribution in [-0.2, 0) is 17.8 Å². The van der Waals surface area contributed by atoms with Crippen LogP contribution < -0.4 is 14.8 Å². The van der Waals surface area contributed by atoms with Crippen LogP contribution in [0, 0.1) is 0 Å². The van der Waals surface area contributed by atoms with Gasteiger partial charge in [-0.25, -0.2) is 0 Å². The second-order valence-electron chi connectivity index (χ2n) is 6.13. The van der Waals surface area contributed by atoms with Gasteiger partial charge in [-0.15, -0.1) is 0 Å². The van der Waals surface area contributed by atoms with Crippen LogP contribution in [0.1, 0.15) is 17.9 Å². The maximum absolute atomic E-state index is 12.1. The van der Waals surface area contributed by atoms with Gasteiger partial charge in [0.15, 0.2) is 11.5 Å². The fraction of sp³-hybridized carbons (Fsp3) is 0.263. The highest BCUT2D eigenvalue weighted by molar-refractivity contribution is 6.32. The highest BCUT2D eigenvalue weighted by atomic mass is 35.5. The summed E-state index contributed by atoms with van der Waals surface area (Å²) in [7, 11) is 0. The van der Waals surface area contributed by atoms with Crippen molar-refractivity contribution in [1.82, 2.24) is 20.4 Å². The van der Waals surface area contributed by atoms with Crippen molar-refractivity contribution in [3.63, 3.8) is 0 Å². The van der Waals surface area contributed by atoms with E-state index >= 15 is 0 Å². The first-order chi connectivity index (χ1) is 13.7. The molecule has 0 saturated carbocycles. The lowest BCUT2D eigenvalue weighted by atomic mass is 10.2. The molecule has 28 heavy (non-hydrogen) atoms. The summed E-state index contributed by atoms with van der Waals surface area (Å²) in [5.74, 6) is 1.89. The van der Waals surface area contributed by atoms with Crippen molar-refractivity contribution >= 4 is 17.5 Å². The minimum atomic E-state index is -0.130. The summed E-state index contributed by atoms with van der Waals surface area (Å²) in [5.41, 5.74) is 1.64. The first-order valence-electron chi connectivity index (χ1n) is 8.77. The van der Waals surface area contributed by atoms with E-state index in [0.29, 0.717) is 54.4 Å². The van der Waals surface area contributed by atoms with E-state index in [1.54, 1.807) is 30.6 Å². The van der Waals surface area contributed by atoms with Crippen molar-refractivity contribution < 1.29 is 18.8 Å². The second kappa shape index (κ2) is 8.26. The Morgan fingerprint density at radius 2 is 2.00 bits per heavy atom. The molecule has 9 heteroatoms. The van der Waals surface area contributed by atoms with Crippen LogP contribution in [0.2, 0.25) is 5.02 Å². The first-order valence-corrected chi connectivity index (χ1v) is 9.14. The number of nitrogens with one attached hydrogen (secondary N) is 1. The minimum absolute atomic E-state index is 0.130. The van der Waals surface area contributed by atoms with E-state index in [4.69, 9.17) is 25.6 Å². The van der Waals surface area contributed by atoms with Crippen LogP contribution in [0.3, 0.4) is 0 Å². The lowest BCUT2D eigenvalue weighted by molar-refractivity contribution is -0.121. The highest BCUT2D eigenvalue weighted by Gasteiger charge is 2.17. The maximum Gasteiger partial charge on any atom is 0.227 e. The average molecular weight is 401 g/mol. The van der Waals surface area contributed by atoms with Gasteiger partial charge >= 0.3 is 0 Å². The third-order valence-electron chi connectivity index (χ3n) is 4.12. The van der Waals surface area contributed by atoms with E-state index in [1.807, 2.05) is 6.07 Å². The van der Waals surface area contributed by atoms with Gasteiger partial charge in [-0.05, 0) is 29.8 Å². The van der Waals surface area contributed by atoms with Crippen molar-refractivity contribution in [3.05, 3.63) is 53.1 Å². The number of rotatable bonds is 6. The van der Waals surface area contributed by atoms with Gasteiger partial charge in [0, 0.05) is 37.3 Å². The SMILES string of the molecule is O=C(CCc1nc(-c2ccncc2)no1)NCc1cc(Cl)c2c(c1)OCCO2. The largest absolute Gasteiger partial charge is 0.486 e. The van der Waals surface area contributed by atoms with Crippen molar-refractivity contribution in [3.8, 4) is 22.9 Å². The van der Waals surface area contributed by atoms with E-state index in [2.05, 4.69) is 20.4 Å². The standard InChI is InChI=1S/C19H17ClN4O4/c20-14-9-12(10-15-18(14)27-8-7-26-15)11-22-16(25)1-2-17-23-19(24-28-17)13-3-5-21-6-4-13/h3-6,9-10H,1-2,7-8,11H2,(H,22,25). The summed E-state index contributed by atoms with van der Waals surface area (Å²) >= 11 is 6.21. The third-order valence-corrected chi connectivity index (χ3v) is 4.40. The molecule has 0 unspecified atom stereocenters. The predicted molar refractivity (Wildman–Crippen MR) is 100 cm³/mol. The monoisotopic (exact) mass is 400 g/mol. The van der Waals surface area contributed by atoms with E-state index in [9.17, 15) is 4.79 Å². The average Bonchev–Trinajstić information content (AvgIpc) is 3.21. The highest BCUT2D eigenvalue weighted by Crippen LogP contribution is 2.38. The zero-order valence-electron chi connectivity index (χ0n) is 14.9. The molecule has 3 heterocycles. The molecule has 0 atom stereocenters. The molecular formula is C19H17ClN4O4. The van der Waals surface area contributed by atoms with Gasteiger partial charge in [0.25, 0.3) is 0 Å². The predicted octanol–water partition coefficient (Wildman–Crippen LogP) is 2.81. The molecule has 3 aromatic rings. The van der Waals surface area contributed by atoms with Crippen LogP contribution >= 0.6 is 11.6 Å². The van der Waals surface area contributed by atoms with E-state index in [1.165, 1.54) is 0 Å². The zero-order chi connectivity index (χ0) is 19.3. The second-order valence-corrected chi connectivity index (χ2v) is 6.53. The third kappa shape index (κ3) is 4.23. The number of hydrogen-bond donors (Lipinski definition) is 1.